The number of piperazine rings is 1. The highest BCUT2D eigenvalue weighted by molar-refractivity contribution is 6.04. The van der Waals surface area contributed by atoms with E-state index in [1.807, 2.05) is 18.7 Å². The average Bonchev–Trinajstić information content (AvgIpc) is 2.85. The smallest absolute Gasteiger partial charge is 0.255 e. The molecule has 0 radical (unpaired) electrons. The number of nitrogens with one attached hydrogen (secondary N) is 2. The number of anilines is 1. The molecule has 0 spiro atoms. The lowest BCUT2D eigenvalue weighted by molar-refractivity contribution is -0.129. The molecule has 3 saturated heterocycles. The highest BCUT2D eigenvalue weighted by atomic mass is 16.5. The number of H-pyrrole nitrogens is 1. The molecular weight excluding hydrogens is 360 g/mol. The van der Waals surface area contributed by atoms with E-state index in [1.54, 1.807) is 12.4 Å². The van der Waals surface area contributed by atoms with Crippen LogP contribution in [0.4, 0.5) is 5.82 Å². The zero-order valence-corrected chi connectivity index (χ0v) is 16.0. The van der Waals surface area contributed by atoms with Gasteiger partial charge in [-0.2, -0.15) is 0 Å². The van der Waals surface area contributed by atoms with Crippen molar-refractivity contribution in [3.8, 4) is 0 Å². The van der Waals surface area contributed by atoms with E-state index in [0.29, 0.717) is 48.8 Å². The van der Waals surface area contributed by atoms with Gasteiger partial charge in [0.25, 0.3) is 5.91 Å². The van der Waals surface area contributed by atoms with Crippen LogP contribution in [0, 0.1) is 0 Å². The van der Waals surface area contributed by atoms with Crippen molar-refractivity contribution >= 4 is 28.8 Å². The van der Waals surface area contributed by atoms with E-state index in [9.17, 15) is 9.59 Å². The summed E-state index contributed by atoms with van der Waals surface area (Å²) in [4.78, 5) is 40.7. The first-order valence-electron chi connectivity index (χ1n) is 9.40. The zero-order valence-electron chi connectivity index (χ0n) is 16.0. The maximum Gasteiger partial charge on any atom is 0.255 e. The van der Waals surface area contributed by atoms with Crippen molar-refractivity contribution in [3.63, 3.8) is 0 Å². The van der Waals surface area contributed by atoms with Gasteiger partial charge in [-0.3, -0.25) is 9.59 Å². The lowest BCUT2D eigenvalue weighted by atomic mass is 10.1. The van der Waals surface area contributed by atoms with E-state index >= 15 is 0 Å². The van der Waals surface area contributed by atoms with Gasteiger partial charge in [0.05, 0.1) is 37.1 Å². The predicted molar refractivity (Wildman–Crippen MR) is 104 cm³/mol. The van der Waals surface area contributed by atoms with Crippen LogP contribution >= 0.6 is 0 Å². The Morgan fingerprint density at radius 1 is 1.36 bits per heavy atom. The van der Waals surface area contributed by atoms with Crippen LogP contribution in [0.3, 0.4) is 0 Å². The molecule has 3 fully saturated rings. The maximum absolute atomic E-state index is 12.5. The van der Waals surface area contributed by atoms with Crippen molar-refractivity contribution in [2.24, 2.45) is 0 Å². The van der Waals surface area contributed by atoms with Gasteiger partial charge in [0.1, 0.15) is 11.3 Å². The molecule has 2 unspecified atom stereocenters. The number of aromatic nitrogens is 3. The summed E-state index contributed by atoms with van der Waals surface area (Å²) in [5.74, 6) is 0.410. The summed E-state index contributed by atoms with van der Waals surface area (Å²) >= 11 is 0. The second-order valence-electron chi connectivity index (χ2n) is 7.45. The van der Waals surface area contributed by atoms with Crippen molar-refractivity contribution in [1.29, 1.82) is 0 Å². The molecule has 0 aromatic carbocycles. The fourth-order valence-electron chi connectivity index (χ4n) is 3.78. The predicted octanol–water partition coefficient (Wildman–Crippen LogP) is 0.698. The van der Waals surface area contributed by atoms with Crippen LogP contribution in [-0.4, -0.2) is 76.1 Å². The van der Waals surface area contributed by atoms with Gasteiger partial charge in [-0.25, -0.2) is 9.97 Å². The van der Waals surface area contributed by atoms with Gasteiger partial charge < -0.3 is 24.8 Å². The zero-order chi connectivity index (χ0) is 19.8. The SMILES string of the molecule is C=CC(=O)N1CC2COCC1CN2c1cnc2[nH]cc(C(=O)NC(C)C)c2n1. The summed E-state index contributed by atoms with van der Waals surface area (Å²) < 4.78 is 5.75. The number of carbonyl (C=O) groups excluding carboxylic acids is 2. The molecule has 2 amide bonds. The van der Waals surface area contributed by atoms with E-state index in [-0.39, 0.29) is 29.9 Å². The Morgan fingerprint density at radius 2 is 2.14 bits per heavy atom. The largest absolute Gasteiger partial charge is 0.377 e. The summed E-state index contributed by atoms with van der Waals surface area (Å²) in [6.07, 6.45) is 4.67. The van der Waals surface area contributed by atoms with Crippen molar-refractivity contribution in [3.05, 3.63) is 30.6 Å². The molecule has 28 heavy (non-hydrogen) atoms. The normalized spacial score (nSPS) is 21.8. The van der Waals surface area contributed by atoms with Gasteiger partial charge in [0.15, 0.2) is 5.65 Å². The van der Waals surface area contributed by atoms with Gasteiger partial charge in [0, 0.05) is 25.3 Å². The molecule has 9 nitrogen and oxygen atoms in total. The number of nitrogens with zero attached hydrogens (tertiary/aromatic N) is 4. The summed E-state index contributed by atoms with van der Waals surface area (Å²) in [5, 5.41) is 2.88. The van der Waals surface area contributed by atoms with Crippen molar-refractivity contribution in [1.82, 2.24) is 25.2 Å². The Balaban J connectivity index is 1.65. The van der Waals surface area contributed by atoms with Crippen LogP contribution in [0.5, 0.6) is 0 Å². The fourth-order valence-corrected chi connectivity index (χ4v) is 3.78. The highest BCUT2D eigenvalue weighted by Gasteiger charge is 2.39. The van der Waals surface area contributed by atoms with Crippen LogP contribution in [0.1, 0.15) is 24.2 Å². The molecule has 148 valence electrons. The van der Waals surface area contributed by atoms with Crippen LogP contribution in [0.25, 0.3) is 11.2 Å². The number of amides is 2. The molecule has 5 heterocycles. The van der Waals surface area contributed by atoms with Crippen molar-refractivity contribution in [2.75, 3.05) is 31.2 Å². The van der Waals surface area contributed by atoms with E-state index in [4.69, 9.17) is 9.72 Å². The highest BCUT2D eigenvalue weighted by Crippen LogP contribution is 2.27. The number of hydrogen-bond acceptors (Lipinski definition) is 6. The summed E-state index contributed by atoms with van der Waals surface area (Å²) in [5.41, 5.74) is 1.57. The maximum atomic E-state index is 12.5. The first-order chi connectivity index (χ1) is 13.5. The molecule has 2 bridgehead atoms. The third kappa shape index (κ3) is 3.22. The lowest BCUT2D eigenvalue weighted by Gasteiger charge is -2.43. The topological polar surface area (TPSA) is 103 Å². The molecule has 2 N–H and O–H groups in total. The Kier molecular flexibility index (Phi) is 4.76. The van der Waals surface area contributed by atoms with E-state index in [0.717, 1.165) is 0 Å². The first-order valence-corrected chi connectivity index (χ1v) is 9.40. The minimum Gasteiger partial charge on any atom is -0.377 e. The molecule has 5 rings (SSSR count). The van der Waals surface area contributed by atoms with Gasteiger partial charge in [-0.1, -0.05) is 6.58 Å². The Bertz CT molecular complexity index is 924. The van der Waals surface area contributed by atoms with E-state index < -0.39 is 0 Å². The number of ether oxygens (including phenoxy) is 1. The number of rotatable bonds is 4. The summed E-state index contributed by atoms with van der Waals surface area (Å²) in [6, 6.07) is -0.0709. The third-order valence-corrected chi connectivity index (χ3v) is 5.10. The average molecular weight is 384 g/mol. The number of aromatic amines is 1. The second kappa shape index (κ2) is 7.23. The molecule has 3 aliphatic rings. The quantitative estimate of drug-likeness (QED) is 0.752. The molecule has 3 aliphatic heterocycles. The van der Waals surface area contributed by atoms with Crippen LogP contribution < -0.4 is 10.2 Å². The van der Waals surface area contributed by atoms with Crippen LogP contribution in [0.15, 0.2) is 25.0 Å². The standard InChI is InChI=1S/C19H24N6O3/c1-4-16(26)25-8-12-9-28-10-13(25)7-24(12)15-6-21-18-17(23-15)14(5-20-18)19(27)22-11(2)3/h4-6,11-13H,1,7-10H2,2-3H3,(H,20,21)(H,22,27). The molecule has 2 aromatic heterocycles. The monoisotopic (exact) mass is 384 g/mol. The molecule has 9 heteroatoms. The molecule has 2 atom stereocenters. The van der Waals surface area contributed by atoms with Gasteiger partial charge in [-0.15, -0.1) is 0 Å². The number of hydrogen-bond donors (Lipinski definition) is 2. The van der Waals surface area contributed by atoms with Gasteiger partial charge in [-0.05, 0) is 19.9 Å². The minimum absolute atomic E-state index is 0.0266. The van der Waals surface area contributed by atoms with E-state index in [2.05, 4.69) is 26.8 Å². The second-order valence-corrected chi connectivity index (χ2v) is 7.45. The molecule has 0 aliphatic carbocycles. The van der Waals surface area contributed by atoms with Crippen molar-refractivity contribution < 1.29 is 14.3 Å². The van der Waals surface area contributed by atoms with E-state index in [1.165, 1.54) is 6.08 Å². The summed E-state index contributed by atoms with van der Waals surface area (Å²) in [7, 11) is 0. The third-order valence-electron chi connectivity index (χ3n) is 5.10. The fraction of sp³-hybridized carbons (Fsp3) is 0.474. The minimum atomic E-state index is -0.184. The van der Waals surface area contributed by atoms with Crippen molar-refractivity contribution in [2.45, 2.75) is 32.0 Å². The Hall–Kier alpha value is -2.94. The molecule has 0 saturated carbocycles. The number of carbonyl (C=O) groups is 2. The van der Waals surface area contributed by atoms with Gasteiger partial charge in [0.2, 0.25) is 5.91 Å². The summed E-state index contributed by atoms with van der Waals surface area (Å²) in [6.45, 7) is 9.54. The molecular formula is C19H24N6O3. The Labute approximate surface area is 162 Å². The lowest BCUT2D eigenvalue weighted by Crippen LogP contribution is -2.59. The first kappa shape index (κ1) is 18.4. The van der Waals surface area contributed by atoms with Gasteiger partial charge >= 0.3 is 0 Å². The molecule has 2 aromatic rings. The number of fused-ring (bicyclic) bond motifs is 5. The van der Waals surface area contributed by atoms with Crippen LogP contribution in [0.2, 0.25) is 0 Å². The van der Waals surface area contributed by atoms with Crippen LogP contribution in [-0.2, 0) is 9.53 Å². The Morgan fingerprint density at radius 3 is 2.89 bits per heavy atom.